The van der Waals surface area contributed by atoms with Crippen LogP contribution in [0.15, 0.2) is 12.1 Å². The summed E-state index contributed by atoms with van der Waals surface area (Å²) in [5.74, 6) is -1.26. The molecule has 3 rings (SSSR count). The minimum Gasteiger partial charge on any atom is -0.394 e. The van der Waals surface area contributed by atoms with Crippen molar-refractivity contribution in [3.8, 4) is 0 Å². The number of fused-ring (bicyclic) bond motifs is 3. The second kappa shape index (κ2) is 4.14. The maximum Gasteiger partial charge on any atom is 0.156 e. The van der Waals surface area contributed by atoms with Crippen molar-refractivity contribution in [3.05, 3.63) is 34.9 Å². The Labute approximate surface area is 116 Å². The molecule has 0 saturated heterocycles. The van der Waals surface area contributed by atoms with Gasteiger partial charge in [-0.15, -0.1) is 0 Å². The summed E-state index contributed by atoms with van der Waals surface area (Å²) >= 11 is 0. The molecular formula is C16H17F2NO. The molecule has 0 aliphatic heterocycles. The van der Waals surface area contributed by atoms with E-state index >= 15 is 0 Å². The van der Waals surface area contributed by atoms with Gasteiger partial charge in [-0.3, -0.25) is 4.79 Å². The Bertz CT molecular complexity index is 650. The van der Waals surface area contributed by atoms with Crippen molar-refractivity contribution in [1.29, 1.82) is 0 Å². The quantitative estimate of drug-likeness (QED) is 0.798. The summed E-state index contributed by atoms with van der Waals surface area (Å²) in [6.07, 6.45) is 3.33. The van der Waals surface area contributed by atoms with E-state index in [0.717, 1.165) is 12.0 Å². The standard InChI is InChI=1S/C16H17F2NO/c1-3-16-7-11-10(6-13(17)15(19)14(11)18)12(16)5-9(20)4-8(16)2/h5-6,8H,3-4,7,19H2,1-2H3. The first-order valence-corrected chi connectivity index (χ1v) is 6.92. The smallest absolute Gasteiger partial charge is 0.156 e. The van der Waals surface area contributed by atoms with Crippen molar-refractivity contribution in [2.45, 2.75) is 33.1 Å². The van der Waals surface area contributed by atoms with Crippen LogP contribution in [0.2, 0.25) is 0 Å². The van der Waals surface area contributed by atoms with Crippen LogP contribution in [0.1, 0.15) is 37.8 Å². The number of halogens is 2. The molecule has 0 spiro atoms. The molecule has 2 N–H and O–H groups in total. The molecule has 2 aliphatic carbocycles. The van der Waals surface area contributed by atoms with Crippen LogP contribution in [-0.4, -0.2) is 5.78 Å². The van der Waals surface area contributed by atoms with E-state index < -0.39 is 17.3 Å². The number of allylic oxidation sites excluding steroid dienone is 2. The lowest BCUT2D eigenvalue weighted by Crippen LogP contribution is -2.33. The lowest BCUT2D eigenvalue weighted by molar-refractivity contribution is -0.116. The number of ketones is 1. The SMILES string of the molecule is CCC12Cc3c(cc(F)c(N)c3F)C1=CC(=O)CC2C. The fraction of sp³-hybridized carbons (Fsp3) is 0.438. The molecule has 20 heavy (non-hydrogen) atoms. The van der Waals surface area contributed by atoms with E-state index in [1.165, 1.54) is 6.07 Å². The van der Waals surface area contributed by atoms with E-state index in [9.17, 15) is 13.6 Å². The number of carbonyl (C=O) groups is 1. The van der Waals surface area contributed by atoms with E-state index in [4.69, 9.17) is 5.73 Å². The molecule has 1 aromatic rings. The van der Waals surface area contributed by atoms with Crippen molar-refractivity contribution in [2.24, 2.45) is 11.3 Å². The van der Waals surface area contributed by atoms with Gasteiger partial charge in [0.25, 0.3) is 0 Å². The van der Waals surface area contributed by atoms with Crippen LogP contribution in [0.25, 0.3) is 5.57 Å². The molecule has 0 saturated carbocycles. The Morgan fingerprint density at radius 1 is 1.45 bits per heavy atom. The zero-order chi connectivity index (χ0) is 14.7. The van der Waals surface area contributed by atoms with E-state index in [0.29, 0.717) is 24.0 Å². The van der Waals surface area contributed by atoms with E-state index in [2.05, 4.69) is 0 Å². The third-order valence-corrected chi connectivity index (χ3v) is 5.06. The topological polar surface area (TPSA) is 43.1 Å². The van der Waals surface area contributed by atoms with Gasteiger partial charge < -0.3 is 5.73 Å². The summed E-state index contributed by atoms with van der Waals surface area (Å²) in [4.78, 5) is 11.8. The fourth-order valence-corrected chi connectivity index (χ4v) is 3.81. The predicted octanol–water partition coefficient (Wildman–Crippen LogP) is 3.49. The summed E-state index contributed by atoms with van der Waals surface area (Å²) in [6.45, 7) is 4.04. The highest BCUT2D eigenvalue weighted by Crippen LogP contribution is 2.57. The van der Waals surface area contributed by atoms with Crippen LogP contribution in [-0.2, 0) is 11.2 Å². The third-order valence-electron chi connectivity index (χ3n) is 5.06. The van der Waals surface area contributed by atoms with Crippen molar-refractivity contribution in [2.75, 3.05) is 5.73 Å². The molecule has 0 fully saturated rings. The number of nitrogens with two attached hydrogens (primary N) is 1. The Kier molecular flexibility index (Phi) is 2.75. The van der Waals surface area contributed by atoms with Crippen molar-refractivity contribution in [1.82, 2.24) is 0 Å². The van der Waals surface area contributed by atoms with Gasteiger partial charge in [0.2, 0.25) is 0 Å². The third kappa shape index (κ3) is 1.51. The van der Waals surface area contributed by atoms with Gasteiger partial charge in [-0.05, 0) is 47.6 Å². The summed E-state index contributed by atoms with van der Waals surface area (Å²) in [5, 5.41) is 0. The highest BCUT2D eigenvalue weighted by atomic mass is 19.1. The monoisotopic (exact) mass is 277 g/mol. The van der Waals surface area contributed by atoms with E-state index in [1.54, 1.807) is 6.08 Å². The van der Waals surface area contributed by atoms with Gasteiger partial charge in [-0.2, -0.15) is 0 Å². The maximum absolute atomic E-state index is 14.3. The molecule has 2 aliphatic rings. The number of anilines is 1. The summed E-state index contributed by atoms with van der Waals surface area (Å²) in [6, 6.07) is 1.28. The molecule has 2 unspecified atom stereocenters. The van der Waals surface area contributed by atoms with Crippen LogP contribution < -0.4 is 5.73 Å². The molecule has 0 aromatic heterocycles. The second-order valence-corrected chi connectivity index (χ2v) is 5.93. The van der Waals surface area contributed by atoms with Gasteiger partial charge in [0.1, 0.15) is 11.5 Å². The number of nitrogen functional groups attached to an aromatic ring is 1. The Morgan fingerprint density at radius 3 is 2.80 bits per heavy atom. The van der Waals surface area contributed by atoms with Gasteiger partial charge in [-0.25, -0.2) is 8.78 Å². The zero-order valence-electron chi connectivity index (χ0n) is 11.6. The number of carbonyl (C=O) groups excluding carboxylic acids is 1. The predicted molar refractivity (Wildman–Crippen MR) is 74.0 cm³/mol. The maximum atomic E-state index is 14.3. The molecule has 0 radical (unpaired) electrons. The van der Waals surface area contributed by atoms with Gasteiger partial charge in [0, 0.05) is 11.8 Å². The summed E-state index contributed by atoms with van der Waals surface area (Å²) in [5.41, 5.74) is 6.53. The highest BCUT2D eigenvalue weighted by Gasteiger charge is 2.48. The van der Waals surface area contributed by atoms with Crippen molar-refractivity contribution < 1.29 is 13.6 Å². The zero-order valence-corrected chi connectivity index (χ0v) is 11.6. The van der Waals surface area contributed by atoms with E-state index in [-0.39, 0.29) is 17.1 Å². The molecule has 0 heterocycles. The average molecular weight is 277 g/mol. The molecule has 4 heteroatoms. The first-order valence-electron chi connectivity index (χ1n) is 6.92. The molecular weight excluding hydrogens is 260 g/mol. The van der Waals surface area contributed by atoms with Crippen LogP contribution >= 0.6 is 0 Å². The fourth-order valence-electron chi connectivity index (χ4n) is 3.81. The minimum absolute atomic E-state index is 0.0297. The molecule has 0 bridgehead atoms. The van der Waals surface area contributed by atoms with Gasteiger partial charge in [0.15, 0.2) is 11.6 Å². The van der Waals surface area contributed by atoms with Crippen molar-refractivity contribution >= 4 is 17.0 Å². The van der Waals surface area contributed by atoms with Crippen LogP contribution in [0.3, 0.4) is 0 Å². The summed E-state index contributed by atoms with van der Waals surface area (Å²) < 4.78 is 28.0. The van der Waals surface area contributed by atoms with Gasteiger partial charge >= 0.3 is 0 Å². The number of hydrogen-bond donors (Lipinski definition) is 1. The van der Waals surface area contributed by atoms with E-state index in [1.807, 2.05) is 13.8 Å². The first kappa shape index (κ1) is 13.3. The lowest BCUT2D eigenvalue weighted by Gasteiger charge is -2.39. The van der Waals surface area contributed by atoms with Crippen LogP contribution in [0.4, 0.5) is 14.5 Å². The highest BCUT2D eigenvalue weighted by molar-refractivity contribution is 6.01. The first-order chi connectivity index (χ1) is 9.40. The second-order valence-electron chi connectivity index (χ2n) is 5.93. The average Bonchev–Trinajstić information content (AvgIpc) is 2.72. The minimum atomic E-state index is -0.750. The Morgan fingerprint density at radius 2 is 2.15 bits per heavy atom. The number of hydrogen-bond acceptors (Lipinski definition) is 2. The molecule has 2 atom stereocenters. The number of rotatable bonds is 1. The summed E-state index contributed by atoms with van der Waals surface area (Å²) in [7, 11) is 0. The molecule has 0 amide bonds. The lowest BCUT2D eigenvalue weighted by atomic mass is 9.64. The Balaban J connectivity index is 2.29. The molecule has 106 valence electrons. The van der Waals surface area contributed by atoms with Crippen LogP contribution in [0.5, 0.6) is 0 Å². The normalized spacial score (nSPS) is 28.1. The molecule has 1 aromatic carbocycles. The Hall–Kier alpha value is -1.71. The van der Waals surface area contributed by atoms with Gasteiger partial charge in [0.05, 0.1) is 0 Å². The van der Waals surface area contributed by atoms with Crippen LogP contribution in [0, 0.1) is 23.0 Å². The largest absolute Gasteiger partial charge is 0.394 e. The van der Waals surface area contributed by atoms with Crippen molar-refractivity contribution in [3.63, 3.8) is 0 Å². The molecule has 2 nitrogen and oxygen atoms in total. The number of benzene rings is 1. The van der Waals surface area contributed by atoms with Gasteiger partial charge in [-0.1, -0.05) is 13.8 Å².